The van der Waals surface area contributed by atoms with Crippen LogP contribution in [0.2, 0.25) is 0 Å². The lowest BCUT2D eigenvalue weighted by Crippen LogP contribution is -2.51. The van der Waals surface area contributed by atoms with Crippen LogP contribution < -0.4 is 15.4 Å². The second-order valence-corrected chi connectivity index (χ2v) is 7.17. The van der Waals surface area contributed by atoms with Crippen molar-refractivity contribution in [2.45, 2.75) is 20.4 Å². The number of aryl methyl sites for hydroxylation is 2. The van der Waals surface area contributed by atoms with Gasteiger partial charge in [-0.25, -0.2) is 4.79 Å². The van der Waals surface area contributed by atoms with Gasteiger partial charge < -0.3 is 9.30 Å². The number of carbonyl (C=O) groups is 3. The largest absolute Gasteiger partial charge is 0.492 e. The average Bonchev–Trinajstić information content (AvgIpc) is 3.05. The van der Waals surface area contributed by atoms with Crippen molar-refractivity contribution >= 4 is 34.8 Å². The number of nitrogens with one attached hydrogen (secondary N) is 2. The molecule has 2 aromatic carbocycles. The minimum Gasteiger partial charge on any atom is -0.492 e. The normalized spacial score (nSPS) is 13.9. The van der Waals surface area contributed by atoms with Crippen molar-refractivity contribution < 1.29 is 19.1 Å². The van der Waals surface area contributed by atoms with E-state index in [0.717, 1.165) is 22.2 Å². The molecule has 4 amide bonds. The number of rotatable bonds is 5. The molecule has 4 rings (SSSR count). The van der Waals surface area contributed by atoms with Crippen molar-refractivity contribution in [1.29, 1.82) is 0 Å². The Labute approximate surface area is 173 Å². The molecule has 1 aliphatic rings. The lowest BCUT2D eigenvalue weighted by atomic mass is 10.1. The van der Waals surface area contributed by atoms with Crippen LogP contribution in [-0.4, -0.2) is 29.0 Å². The monoisotopic (exact) mass is 403 g/mol. The van der Waals surface area contributed by atoms with Crippen LogP contribution in [-0.2, 0) is 16.1 Å². The van der Waals surface area contributed by atoms with Gasteiger partial charge >= 0.3 is 6.03 Å². The Balaban J connectivity index is 1.63. The molecule has 1 fully saturated rings. The number of urea groups is 1. The molecule has 0 radical (unpaired) electrons. The Morgan fingerprint density at radius 2 is 1.67 bits per heavy atom. The highest BCUT2D eigenvalue weighted by atomic mass is 16.5. The molecule has 0 bridgehead atoms. The van der Waals surface area contributed by atoms with E-state index in [9.17, 15) is 14.4 Å². The minimum absolute atomic E-state index is 0.117. The van der Waals surface area contributed by atoms with E-state index in [1.165, 1.54) is 11.6 Å². The predicted octanol–water partition coefficient (Wildman–Crippen LogP) is 3.09. The summed E-state index contributed by atoms with van der Waals surface area (Å²) in [7, 11) is 0. The Morgan fingerprint density at radius 1 is 0.933 bits per heavy atom. The quantitative estimate of drug-likeness (QED) is 0.506. The molecule has 2 heterocycles. The second kappa shape index (κ2) is 7.87. The van der Waals surface area contributed by atoms with Crippen molar-refractivity contribution in [3.8, 4) is 5.75 Å². The maximum absolute atomic E-state index is 12.1. The van der Waals surface area contributed by atoms with Gasteiger partial charge in [0, 0.05) is 16.6 Å². The fraction of sp³-hybridized carbons (Fsp3) is 0.174. The predicted molar refractivity (Wildman–Crippen MR) is 113 cm³/mol. The van der Waals surface area contributed by atoms with Crippen LogP contribution >= 0.6 is 0 Å². The molecule has 1 saturated heterocycles. The van der Waals surface area contributed by atoms with Gasteiger partial charge in [-0.1, -0.05) is 24.3 Å². The molecule has 0 spiro atoms. The van der Waals surface area contributed by atoms with Gasteiger partial charge in [-0.05, 0) is 55.3 Å². The summed E-state index contributed by atoms with van der Waals surface area (Å²) in [6.45, 7) is 5.02. The van der Waals surface area contributed by atoms with E-state index in [4.69, 9.17) is 4.74 Å². The van der Waals surface area contributed by atoms with Crippen LogP contribution in [0.1, 0.15) is 16.8 Å². The highest BCUT2D eigenvalue weighted by Gasteiger charge is 2.28. The standard InChI is InChI=1S/C23H21N3O4/c1-14-7-8-18(11-15(14)2)30-10-9-26-17(12-16-5-3-4-6-20(16)26)13-19-21(27)24-23(29)25-22(19)28/h3-8,11-13H,9-10H2,1-2H3,(H2,24,25,27,28,29). The summed E-state index contributed by atoms with van der Waals surface area (Å²) < 4.78 is 7.91. The fourth-order valence-corrected chi connectivity index (χ4v) is 3.41. The molecule has 30 heavy (non-hydrogen) atoms. The molecule has 2 N–H and O–H groups in total. The SMILES string of the molecule is Cc1ccc(OCCn2c(C=C3C(=O)NC(=O)NC3=O)cc3ccccc32)cc1C. The van der Waals surface area contributed by atoms with E-state index in [0.29, 0.717) is 18.8 Å². The van der Waals surface area contributed by atoms with Gasteiger partial charge in [-0.15, -0.1) is 0 Å². The molecule has 1 aromatic heterocycles. The number of hydrogen-bond donors (Lipinski definition) is 2. The zero-order valence-corrected chi connectivity index (χ0v) is 16.7. The van der Waals surface area contributed by atoms with Crippen LogP contribution in [0.25, 0.3) is 17.0 Å². The maximum Gasteiger partial charge on any atom is 0.328 e. The molecule has 0 unspecified atom stereocenters. The minimum atomic E-state index is -0.815. The highest BCUT2D eigenvalue weighted by Crippen LogP contribution is 2.23. The Morgan fingerprint density at radius 3 is 2.40 bits per heavy atom. The Kier molecular flexibility index (Phi) is 5.10. The molecule has 3 aromatic rings. The van der Waals surface area contributed by atoms with Crippen LogP contribution in [0.3, 0.4) is 0 Å². The third-order valence-corrected chi connectivity index (χ3v) is 5.14. The lowest BCUT2D eigenvalue weighted by molar-refractivity contribution is -0.123. The molecule has 1 aliphatic heterocycles. The van der Waals surface area contributed by atoms with Gasteiger partial charge in [0.1, 0.15) is 17.9 Å². The number of barbiturate groups is 1. The number of imide groups is 2. The first-order valence-electron chi connectivity index (χ1n) is 9.59. The summed E-state index contributed by atoms with van der Waals surface area (Å²) in [5.41, 5.74) is 3.88. The van der Waals surface area contributed by atoms with Crippen molar-refractivity contribution in [1.82, 2.24) is 15.2 Å². The molecular formula is C23H21N3O4. The molecule has 7 nitrogen and oxygen atoms in total. The molecule has 0 atom stereocenters. The van der Waals surface area contributed by atoms with E-state index < -0.39 is 17.8 Å². The first kappa shape index (κ1) is 19.4. The summed E-state index contributed by atoms with van der Waals surface area (Å²) in [4.78, 5) is 35.5. The summed E-state index contributed by atoms with van der Waals surface area (Å²) in [6.07, 6.45) is 1.49. The summed E-state index contributed by atoms with van der Waals surface area (Å²) in [5, 5.41) is 5.17. The molecule has 0 saturated carbocycles. The van der Waals surface area contributed by atoms with Gasteiger partial charge in [0.05, 0.1) is 6.54 Å². The fourth-order valence-electron chi connectivity index (χ4n) is 3.41. The van der Waals surface area contributed by atoms with Gasteiger partial charge in [-0.3, -0.25) is 20.2 Å². The maximum atomic E-state index is 12.1. The number of benzene rings is 2. The average molecular weight is 403 g/mol. The summed E-state index contributed by atoms with van der Waals surface area (Å²) in [5.74, 6) is -0.641. The first-order valence-corrected chi connectivity index (χ1v) is 9.59. The van der Waals surface area contributed by atoms with Crippen molar-refractivity contribution in [2.24, 2.45) is 0 Å². The Hall–Kier alpha value is -3.87. The number of nitrogens with zero attached hydrogens (tertiary/aromatic N) is 1. The van der Waals surface area contributed by atoms with E-state index in [-0.39, 0.29) is 5.57 Å². The summed E-state index contributed by atoms with van der Waals surface area (Å²) >= 11 is 0. The van der Waals surface area contributed by atoms with Crippen LogP contribution in [0, 0.1) is 13.8 Å². The number of hydrogen-bond acceptors (Lipinski definition) is 4. The number of aromatic nitrogens is 1. The summed E-state index contributed by atoms with van der Waals surface area (Å²) in [6, 6.07) is 14.8. The number of ether oxygens (including phenoxy) is 1. The second-order valence-electron chi connectivity index (χ2n) is 7.17. The zero-order chi connectivity index (χ0) is 21.3. The van der Waals surface area contributed by atoms with E-state index >= 15 is 0 Å². The van der Waals surface area contributed by atoms with Crippen LogP contribution in [0.15, 0.2) is 54.1 Å². The first-order chi connectivity index (χ1) is 14.4. The number of para-hydroxylation sites is 1. The molecular weight excluding hydrogens is 382 g/mol. The zero-order valence-electron chi connectivity index (χ0n) is 16.7. The number of carbonyl (C=O) groups excluding carboxylic acids is 3. The number of amides is 4. The van der Waals surface area contributed by atoms with Crippen molar-refractivity contribution in [3.63, 3.8) is 0 Å². The molecule has 7 heteroatoms. The third-order valence-electron chi connectivity index (χ3n) is 5.14. The third kappa shape index (κ3) is 3.82. The van der Waals surface area contributed by atoms with Crippen molar-refractivity contribution in [2.75, 3.05) is 6.61 Å². The number of fused-ring (bicyclic) bond motifs is 1. The van der Waals surface area contributed by atoms with Crippen LogP contribution in [0.5, 0.6) is 5.75 Å². The van der Waals surface area contributed by atoms with Crippen molar-refractivity contribution in [3.05, 3.63) is 70.9 Å². The van der Waals surface area contributed by atoms with Crippen LogP contribution in [0.4, 0.5) is 4.79 Å². The smallest absolute Gasteiger partial charge is 0.328 e. The van der Waals surface area contributed by atoms with E-state index in [1.54, 1.807) is 0 Å². The highest BCUT2D eigenvalue weighted by molar-refractivity contribution is 6.31. The van der Waals surface area contributed by atoms with Gasteiger partial charge in [0.15, 0.2) is 0 Å². The molecule has 0 aliphatic carbocycles. The van der Waals surface area contributed by atoms with E-state index in [2.05, 4.69) is 17.6 Å². The molecule has 152 valence electrons. The van der Waals surface area contributed by atoms with Gasteiger partial charge in [0.25, 0.3) is 11.8 Å². The van der Waals surface area contributed by atoms with Gasteiger partial charge in [-0.2, -0.15) is 0 Å². The van der Waals surface area contributed by atoms with E-state index in [1.807, 2.05) is 60.0 Å². The van der Waals surface area contributed by atoms with Gasteiger partial charge in [0.2, 0.25) is 0 Å². The lowest BCUT2D eigenvalue weighted by Gasteiger charge is -2.15. The Bertz CT molecular complexity index is 1180. The topological polar surface area (TPSA) is 89.4 Å².